The Bertz CT molecular complexity index is 754. The van der Waals surface area contributed by atoms with E-state index >= 15 is 0 Å². The summed E-state index contributed by atoms with van der Waals surface area (Å²) in [5.74, 6) is 4.75. The van der Waals surface area contributed by atoms with Crippen LogP contribution in [0.3, 0.4) is 0 Å². The van der Waals surface area contributed by atoms with E-state index in [9.17, 15) is 0 Å². The van der Waals surface area contributed by atoms with Gasteiger partial charge in [0.05, 0.1) is 0 Å². The minimum Gasteiger partial charge on any atom is -1.00 e. The quantitative estimate of drug-likeness (QED) is 0.300. The van der Waals surface area contributed by atoms with Gasteiger partial charge in [-0.3, -0.25) is 6.08 Å². The average Bonchev–Trinajstić information content (AvgIpc) is 3.18. The maximum Gasteiger partial charge on any atom is -0.0771 e. The van der Waals surface area contributed by atoms with Crippen molar-refractivity contribution in [3.63, 3.8) is 0 Å². The van der Waals surface area contributed by atoms with Crippen LogP contribution in [0.5, 0.6) is 0 Å². The van der Waals surface area contributed by atoms with Gasteiger partial charge in [-0.15, -0.1) is 46.2 Å². The Morgan fingerprint density at radius 3 is 1.71 bits per heavy atom. The van der Waals surface area contributed by atoms with Gasteiger partial charge in [-0.1, -0.05) is 36.4 Å². The molecule has 0 fully saturated rings. The van der Waals surface area contributed by atoms with Gasteiger partial charge in [-0.05, 0) is 0 Å². The number of benzene rings is 2. The van der Waals surface area contributed by atoms with Gasteiger partial charge < -0.3 is 24.8 Å². The molecule has 1 aliphatic carbocycles. The molecule has 0 N–H and O–H groups in total. The number of allylic oxidation sites excluding steroid dienone is 4. The normalized spacial score (nSPS) is 10.8. The van der Waals surface area contributed by atoms with Crippen LogP contribution in [0.15, 0.2) is 72.8 Å². The molecule has 0 aliphatic heterocycles. The van der Waals surface area contributed by atoms with Crippen LogP contribution in [0.2, 0.25) is 11.5 Å². The van der Waals surface area contributed by atoms with Crippen LogP contribution in [-0.2, 0) is 21.6 Å². The molecule has 0 atom stereocenters. The van der Waals surface area contributed by atoms with Crippen molar-refractivity contribution in [2.75, 3.05) is 0 Å². The van der Waals surface area contributed by atoms with E-state index < -0.39 is 0 Å². The molecule has 0 bridgehead atoms. The van der Waals surface area contributed by atoms with E-state index in [1.807, 2.05) is 12.2 Å². The van der Waals surface area contributed by atoms with Crippen LogP contribution in [0, 0.1) is 6.08 Å². The predicted octanol–water partition coefficient (Wildman–Crippen LogP) is -0.190. The summed E-state index contributed by atoms with van der Waals surface area (Å²) < 4.78 is 0. The largest absolute Gasteiger partial charge is 1.00 e. The molecule has 0 amide bonds. The zero-order chi connectivity index (χ0) is 15.8. The molecule has 24 heavy (non-hydrogen) atoms. The second-order valence-corrected chi connectivity index (χ2v) is 22.3. The van der Waals surface area contributed by atoms with Crippen LogP contribution in [0.4, 0.5) is 0 Å². The minimum absolute atomic E-state index is 0. The summed E-state index contributed by atoms with van der Waals surface area (Å²) >= 11 is 1.80. The molecule has 0 saturated heterocycles. The first-order valence-corrected chi connectivity index (χ1v) is 19.1. The SMILES string of the molecule is [C-]1=CC=CC1.[CH3][Ge]([CH3])=[Zr+2].[Cl-].[Cl-].c1ccc2c(c1)[cH-]c1ccccc12. The Balaban J connectivity index is 0.000000409. The molecule has 4 rings (SSSR count). The van der Waals surface area contributed by atoms with Crippen LogP contribution >= 0.6 is 0 Å². The van der Waals surface area contributed by atoms with Gasteiger partial charge in [-0.25, -0.2) is 12.2 Å². The molecule has 4 heteroatoms. The van der Waals surface area contributed by atoms with Crippen molar-refractivity contribution in [3.8, 4) is 0 Å². The Labute approximate surface area is 173 Å². The molecule has 124 valence electrons. The van der Waals surface area contributed by atoms with Crippen LogP contribution in [0.1, 0.15) is 6.42 Å². The van der Waals surface area contributed by atoms with Gasteiger partial charge in [0.25, 0.3) is 0 Å². The second kappa shape index (κ2) is 13.1. The second-order valence-electron chi connectivity index (χ2n) is 5.32. The van der Waals surface area contributed by atoms with E-state index in [0.29, 0.717) is 0 Å². The van der Waals surface area contributed by atoms with Crippen molar-refractivity contribution >= 4 is 31.5 Å². The summed E-state index contributed by atoms with van der Waals surface area (Å²) in [5.41, 5.74) is 0. The molecule has 0 aromatic heterocycles. The predicted molar refractivity (Wildman–Crippen MR) is 96.1 cm³/mol. The maximum absolute atomic E-state index is 2.99. The Morgan fingerprint density at radius 2 is 1.38 bits per heavy atom. The zero-order valence-electron chi connectivity index (χ0n) is 13.9. The molecule has 0 saturated carbocycles. The number of hydrogen-bond acceptors (Lipinski definition) is 0. The summed E-state index contributed by atoms with van der Waals surface area (Å²) in [6, 6.07) is 19.3. The maximum atomic E-state index is 2.99. The third kappa shape index (κ3) is 7.79. The summed E-state index contributed by atoms with van der Waals surface area (Å²) in [6.07, 6.45) is 10.0. The fourth-order valence-corrected chi connectivity index (χ4v) is 2.24. The van der Waals surface area contributed by atoms with E-state index in [-0.39, 0.29) is 34.8 Å². The minimum atomic E-state index is -0.243. The topological polar surface area (TPSA) is 0 Å². The van der Waals surface area contributed by atoms with Crippen LogP contribution < -0.4 is 24.8 Å². The molecule has 0 unspecified atom stereocenters. The van der Waals surface area contributed by atoms with Gasteiger partial charge in [0.1, 0.15) is 0 Å². The van der Waals surface area contributed by atoms with Crippen molar-refractivity contribution in [2.24, 2.45) is 0 Å². The first-order chi connectivity index (χ1) is 10.7. The van der Waals surface area contributed by atoms with E-state index in [1.54, 1.807) is 21.6 Å². The molecular weight excluding hydrogens is 475 g/mol. The molecule has 3 aromatic carbocycles. The number of fused-ring (bicyclic) bond motifs is 3. The van der Waals surface area contributed by atoms with Crippen LogP contribution in [-0.4, -0.2) is 9.98 Å². The summed E-state index contributed by atoms with van der Waals surface area (Å²) in [5, 5.41) is 5.39. The third-order valence-corrected chi connectivity index (χ3v) is 3.11. The standard InChI is InChI=1S/C13H9.C5H5.C2H6Ge.2ClH.Zr/c1-3-7-12-10(5-1)9-11-6-2-4-8-13(11)12;1-2-4-5-3-1;1-3-2;;;/h1-9H;1-3H,4H2;1-2H3;2*1H;/q2*-1;;;;+2/p-2. The number of rotatable bonds is 0. The zero-order valence-corrected chi connectivity index (χ0v) is 20.0. The summed E-state index contributed by atoms with van der Waals surface area (Å²) in [4.78, 5) is 0. The molecule has 3 aromatic rings. The molecule has 0 radical (unpaired) electrons. The Morgan fingerprint density at radius 1 is 0.917 bits per heavy atom. The van der Waals surface area contributed by atoms with E-state index in [4.69, 9.17) is 0 Å². The molecule has 1 aliphatic rings. The molecular formula is C20H20Cl2GeZr-2. The van der Waals surface area contributed by atoms with E-state index in [0.717, 1.165) is 6.42 Å². The summed E-state index contributed by atoms with van der Waals surface area (Å²) in [6.45, 7) is 0. The molecule has 0 spiro atoms. The monoisotopic (exact) mass is 494 g/mol. The van der Waals surface area contributed by atoms with Crippen molar-refractivity contribution in [1.82, 2.24) is 0 Å². The third-order valence-electron chi connectivity index (χ3n) is 3.11. The van der Waals surface area contributed by atoms with Gasteiger partial charge in [0, 0.05) is 0 Å². The fourth-order valence-electron chi connectivity index (χ4n) is 2.24. The van der Waals surface area contributed by atoms with Crippen molar-refractivity contribution in [1.29, 1.82) is 0 Å². The van der Waals surface area contributed by atoms with Crippen molar-refractivity contribution in [3.05, 3.63) is 78.9 Å². The van der Waals surface area contributed by atoms with Gasteiger partial charge in [0.15, 0.2) is 0 Å². The number of halogens is 2. The smallest absolute Gasteiger partial charge is 0.0771 e. The van der Waals surface area contributed by atoms with E-state index in [2.05, 4.69) is 78.3 Å². The van der Waals surface area contributed by atoms with Crippen molar-refractivity contribution in [2.45, 2.75) is 17.9 Å². The first kappa shape index (κ1) is 23.8. The fraction of sp³-hybridized carbons (Fsp3) is 0.150. The average molecular weight is 495 g/mol. The van der Waals surface area contributed by atoms with Crippen LogP contribution in [0.25, 0.3) is 21.5 Å². The van der Waals surface area contributed by atoms with Crippen molar-refractivity contribution < 1.29 is 46.4 Å². The first-order valence-electron chi connectivity index (χ1n) is 7.45. The molecule has 0 nitrogen and oxygen atoms in total. The Kier molecular flexibility index (Phi) is 12.9. The Hall–Kier alpha value is -0.204. The van der Waals surface area contributed by atoms with Gasteiger partial charge >= 0.3 is 43.1 Å². The van der Waals surface area contributed by atoms with E-state index in [1.165, 1.54) is 21.5 Å². The molecule has 0 heterocycles. The summed E-state index contributed by atoms with van der Waals surface area (Å²) in [7, 11) is -0.243. The number of hydrogen-bond donors (Lipinski definition) is 0. The van der Waals surface area contributed by atoms with Gasteiger partial charge in [0.2, 0.25) is 0 Å². The van der Waals surface area contributed by atoms with Gasteiger partial charge in [-0.2, -0.15) is 6.08 Å².